The summed E-state index contributed by atoms with van der Waals surface area (Å²) in [6.45, 7) is 3.94. The van der Waals surface area contributed by atoms with Crippen molar-refractivity contribution in [3.05, 3.63) is 46.7 Å². The zero-order valence-corrected chi connectivity index (χ0v) is 12.1. The van der Waals surface area contributed by atoms with Crippen LogP contribution in [-0.4, -0.2) is 17.6 Å². The van der Waals surface area contributed by atoms with E-state index in [2.05, 4.69) is 15.8 Å². The highest BCUT2D eigenvalue weighted by molar-refractivity contribution is 6.30. The first-order valence-electron chi connectivity index (χ1n) is 6.26. The average Bonchev–Trinajstić information content (AvgIpc) is 2.82. The minimum atomic E-state index is -0.167. The molecule has 1 atom stereocenters. The van der Waals surface area contributed by atoms with Gasteiger partial charge in [-0.25, -0.2) is 0 Å². The van der Waals surface area contributed by atoms with Gasteiger partial charge >= 0.3 is 0 Å². The summed E-state index contributed by atoms with van der Waals surface area (Å²) in [4.78, 5) is 11.7. The molecule has 1 aromatic heterocycles. The molecule has 1 unspecified atom stereocenters. The minimum Gasteiger partial charge on any atom is -0.360 e. The molecule has 2 aromatic rings. The molecule has 0 bridgehead atoms. The lowest BCUT2D eigenvalue weighted by atomic mass is 10.1. The lowest BCUT2D eigenvalue weighted by Gasteiger charge is -2.13. The maximum absolute atomic E-state index is 11.7. The highest BCUT2D eigenvalue weighted by Crippen LogP contribution is 2.15. The third-order valence-electron chi connectivity index (χ3n) is 2.83. The molecule has 0 saturated heterocycles. The van der Waals surface area contributed by atoms with Crippen LogP contribution in [0.3, 0.4) is 0 Å². The van der Waals surface area contributed by atoms with Gasteiger partial charge in [-0.15, -0.1) is 0 Å². The molecule has 1 amide bonds. The molecule has 2 rings (SSSR count). The molecule has 0 spiro atoms. The molecule has 20 heavy (non-hydrogen) atoms. The number of hydrogen-bond donors (Lipinski definition) is 2. The van der Waals surface area contributed by atoms with E-state index in [4.69, 9.17) is 16.1 Å². The van der Waals surface area contributed by atoms with E-state index in [9.17, 15) is 4.79 Å². The van der Waals surface area contributed by atoms with Crippen LogP contribution < -0.4 is 10.6 Å². The van der Waals surface area contributed by atoms with Crippen molar-refractivity contribution in [1.82, 2.24) is 10.5 Å². The average molecular weight is 294 g/mol. The van der Waals surface area contributed by atoms with Crippen molar-refractivity contribution in [2.45, 2.75) is 19.9 Å². The van der Waals surface area contributed by atoms with E-state index >= 15 is 0 Å². The number of carbonyl (C=O) groups excluding carboxylic acids is 1. The molecule has 1 aromatic carbocycles. The number of nitrogens with one attached hydrogen (secondary N) is 2. The van der Waals surface area contributed by atoms with E-state index in [1.165, 1.54) is 0 Å². The van der Waals surface area contributed by atoms with Gasteiger partial charge in [0.15, 0.2) is 5.82 Å². The molecule has 0 aliphatic rings. The third kappa shape index (κ3) is 4.08. The largest absolute Gasteiger partial charge is 0.360 e. The SMILES string of the molecule is Cc1cc(NC(=O)CNC(C)c2ccc(Cl)cc2)no1. The number of carbonyl (C=O) groups is 1. The Labute approximate surface area is 122 Å². The fourth-order valence-corrected chi connectivity index (χ4v) is 1.85. The van der Waals surface area contributed by atoms with Crippen LogP contribution >= 0.6 is 11.6 Å². The van der Waals surface area contributed by atoms with E-state index in [0.717, 1.165) is 5.56 Å². The molecular weight excluding hydrogens is 278 g/mol. The second-order valence-electron chi connectivity index (χ2n) is 4.53. The molecule has 0 aliphatic carbocycles. The van der Waals surface area contributed by atoms with Gasteiger partial charge in [0.05, 0.1) is 6.54 Å². The Hall–Kier alpha value is -1.85. The standard InChI is InChI=1S/C14H16ClN3O2/c1-9-7-13(18-20-9)17-14(19)8-16-10(2)11-3-5-12(15)6-4-11/h3-7,10,16H,8H2,1-2H3,(H,17,18,19). The van der Waals surface area contributed by atoms with Crippen molar-refractivity contribution in [3.8, 4) is 0 Å². The van der Waals surface area contributed by atoms with Crippen molar-refractivity contribution in [1.29, 1.82) is 0 Å². The second kappa shape index (κ2) is 6.54. The first kappa shape index (κ1) is 14.6. The monoisotopic (exact) mass is 293 g/mol. The van der Waals surface area contributed by atoms with Gasteiger partial charge in [-0.3, -0.25) is 4.79 Å². The van der Waals surface area contributed by atoms with Gasteiger partial charge in [-0.05, 0) is 31.5 Å². The summed E-state index contributed by atoms with van der Waals surface area (Å²) in [6.07, 6.45) is 0. The van der Waals surface area contributed by atoms with Crippen molar-refractivity contribution < 1.29 is 9.32 Å². The number of aromatic nitrogens is 1. The Morgan fingerprint density at radius 2 is 2.10 bits per heavy atom. The summed E-state index contributed by atoms with van der Waals surface area (Å²) < 4.78 is 4.87. The predicted octanol–water partition coefficient (Wildman–Crippen LogP) is 2.93. The number of hydrogen-bond acceptors (Lipinski definition) is 4. The van der Waals surface area contributed by atoms with Crippen LogP contribution in [0.25, 0.3) is 0 Å². The third-order valence-corrected chi connectivity index (χ3v) is 3.09. The Kier molecular flexibility index (Phi) is 4.76. The Bertz CT molecular complexity index is 580. The number of anilines is 1. The number of halogens is 1. The molecule has 0 aliphatic heterocycles. The molecule has 6 heteroatoms. The maximum atomic E-state index is 11.7. The van der Waals surface area contributed by atoms with Crippen LogP contribution in [-0.2, 0) is 4.79 Å². The quantitative estimate of drug-likeness (QED) is 0.889. The normalized spacial score (nSPS) is 12.2. The van der Waals surface area contributed by atoms with Crippen LogP contribution in [0.15, 0.2) is 34.9 Å². The fraction of sp³-hybridized carbons (Fsp3) is 0.286. The number of rotatable bonds is 5. The molecule has 1 heterocycles. The van der Waals surface area contributed by atoms with Crippen LogP contribution in [0, 0.1) is 6.92 Å². The number of nitrogens with zero attached hydrogens (tertiary/aromatic N) is 1. The zero-order valence-electron chi connectivity index (χ0n) is 11.3. The second-order valence-corrected chi connectivity index (χ2v) is 4.96. The molecule has 2 N–H and O–H groups in total. The molecule has 5 nitrogen and oxygen atoms in total. The zero-order chi connectivity index (χ0) is 14.5. The van der Waals surface area contributed by atoms with Crippen LogP contribution in [0.2, 0.25) is 5.02 Å². The van der Waals surface area contributed by atoms with Crippen molar-refractivity contribution in [2.75, 3.05) is 11.9 Å². The Morgan fingerprint density at radius 3 is 2.70 bits per heavy atom. The summed E-state index contributed by atoms with van der Waals surface area (Å²) in [6, 6.07) is 9.23. The Balaban J connectivity index is 1.82. The summed E-state index contributed by atoms with van der Waals surface area (Å²) in [7, 11) is 0. The Morgan fingerprint density at radius 1 is 1.40 bits per heavy atom. The maximum Gasteiger partial charge on any atom is 0.239 e. The van der Waals surface area contributed by atoms with E-state index < -0.39 is 0 Å². The van der Waals surface area contributed by atoms with Gasteiger partial charge in [-0.1, -0.05) is 28.9 Å². The van der Waals surface area contributed by atoms with E-state index in [1.807, 2.05) is 31.2 Å². The van der Waals surface area contributed by atoms with Gasteiger partial charge in [0.25, 0.3) is 0 Å². The van der Waals surface area contributed by atoms with E-state index in [0.29, 0.717) is 16.6 Å². The molecule has 0 radical (unpaired) electrons. The number of amides is 1. The van der Waals surface area contributed by atoms with Gasteiger partial charge in [0.2, 0.25) is 5.91 Å². The van der Waals surface area contributed by atoms with Crippen molar-refractivity contribution >= 4 is 23.3 Å². The summed E-state index contributed by atoms with van der Waals surface area (Å²) >= 11 is 5.84. The van der Waals surface area contributed by atoms with Crippen LogP contribution in [0.5, 0.6) is 0 Å². The molecule has 0 saturated carbocycles. The first-order chi connectivity index (χ1) is 9.54. The first-order valence-corrected chi connectivity index (χ1v) is 6.64. The van der Waals surface area contributed by atoms with Gasteiger partial charge in [-0.2, -0.15) is 0 Å². The highest BCUT2D eigenvalue weighted by Gasteiger charge is 2.09. The fourth-order valence-electron chi connectivity index (χ4n) is 1.73. The van der Waals surface area contributed by atoms with Gasteiger partial charge in [0.1, 0.15) is 5.76 Å². The molecule has 106 valence electrons. The van der Waals surface area contributed by atoms with E-state index in [-0.39, 0.29) is 18.5 Å². The van der Waals surface area contributed by atoms with Crippen molar-refractivity contribution in [2.24, 2.45) is 0 Å². The lowest BCUT2D eigenvalue weighted by Crippen LogP contribution is -2.30. The summed E-state index contributed by atoms with van der Waals surface area (Å²) in [5.41, 5.74) is 1.07. The topological polar surface area (TPSA) is 67.2 Å². The summed E-state index contributed by atoms with van der Waals surface area (Å²) in [5.74, 6) is 0.912. The van der Waals surface area contributed by atoms with Crippen molar-refractivity contribution in [3.63, 3.8) is 0 Å². The van der Waals surface area contributed by atoms with Crippen LogP contribution in [0.4, 0.5) is 5.82 Å². The number of benzene rings is 1. The van der Waals surface area contributed by atoms with E-state index in [1.54, 1.807) is 13.0 Å². The van der Waals surface area contributed by atoms with Crippen LogP contribution in [0.1, 0.15) is 24.3 Å². The number of aryl methyl sites for hydroxylation is 1. The molecule has 0 fully saturated rings. The van der Waals surface area contributed by atoms with Gasteiger partial charge < -0.3 is 15.2 Å². The predicted molar refractivity (Wildman–Crippen MR) is 77.7 cm³/mol. The lowest BCUT2D eigenvalue weighted by molar-refractivity contribution is -0.115. The van der Waals surface area contributed by atoms with Gasteiger partial charge in [0, 0.05) is 17.1 Å². The smallest absolute Gasteiger partial charge is 0.239 e. The highest BCUT2D eigenvalue weighted by atomic mass is 35.5. The minimum absolute atomic E-state index is 0.0528. The summed E-state index contributed by atoms with van der Waals surface area (Å²) in [5, 5.41) is 10.2. The molecular formula is C14H16ClN3O2.